The van der Waals surface area contributed by atoms with E-state index in [4.69, 9.17) is 14.4 Å². The summed E-state index contributed by atoms with van der Waals surface area (Å²) in [6.45, 7) is 4.30. The van der Waals surface area contributed by atoms with Crippen LogP contribution in [0.5, 0.6) is 0 Å². The molecule has 5 aromatic heterocycles. The first-order chi connectivity index (χ1) is 23.7. The second kappa shape index (κ2) is 11.3. The predicted molar refractivity (Wildman–Crippen MR) is 198 cm³/mol. The smallest absolute Gasteiger partial charge is 0.147 e. The molecule has 0 N–H and O–H groups in total. The molecule has 0 saturated carbocycles. The molecule has 5 heteroatoms. The number of para-hydroxylation sites is 1. The standard InChI is InChI=1S/C43H28N4O/c1-2-38-34(19-17-28-18-20-40-35(23-28)33-15-9-10-16-39(33)48-40)42-36-27-44-22-21-31(36)26-45-43(42)47(38)41-25-32(29-11-5-3-6-12-29)24-37(46-41)30-13-7-4-8-14-30/h2-27H,1H2. The zero-order valence-corrected chi connectivity index (χ0v) is 25.9. The minimum atomic E-state index is 0.761. The molecule has 0 unspecified atom stereocenters. The molecule has 0 radical (unpaired) electrons. The predicted octanol–water partition coefficient (Wildman–Crippen LogP) is 11.0. The first-order valence-electron chi connectivity index (χ1n) is 15.9. The Balaban J connectivity index is 1.30. The van der Waals surface area contributed by atoms with Gasteiger partial charge in [0.15, 0.2) is 0 Å². The molecule has 5 heterocycles. The van der Waals surface area contributed by atoms with E-state index in [2.05, 4.69) is 95.0 Å². The molecular formula is C43H28N4O. The van der Waals surface area contributed by atoms with Crippen LogP contribution in [0.15, 0.2) is 151 Å². The summed E-state index contributed by atoms with van der Waals surface area (Å²) in [7, 11) is 0. The second-order valence-electron chi connectivity index (χ2n) is 11.8. The zero-order valence-electron chi connectivity index (χ0n) is 25.9. The molecule has 5 nitrogen and oxygen atoms in total. The van der Waals surface area contributed by atoms with Gasteiger partial charge in [-0.15, -0.1) is 0 Å². The highest BCUT2D eigenvalue weighted by atomic mass is 16.3. The zero-order chi connectivity index (χ0) is 32.0. The molecule has 0 aliphatic rings. The lowest BCUT2D eigenvalue weighted by atomic mass is 10.0. The summed E-state index contributed by atoms with van der Waals surface area (Å²) >= 11 is 0. The molecule has 0 saturated heterocycles. The van der Waals surface area contributed by atoms with E-state index < -0.39 is 0 Å². The van der Waals surface area contributed by atoms with Gasteiger partial charge in [0.05, 0.1) is 11.4 Å². The second-order valence-corrected chi connectivity index (χ2v) is 11.8. The average Bonchev–Trinajstić information content (AvgIpc) is 3.69. The number of rotatable bonds is 6. The fourth-order valence-electron chi connectivity index (χ4n) is 6.65. The van der Waals surface area contributed by atoms with Gasteiger partial charge in [-0.2, -0.15) is 0 Å². The van der Waals surface area contributed by atoms with Crippen LogP contribution in [0.4, 0.5) is 0 Å². The largest absolute Gasteiger partial charge is 0.456 e. The van der Waals surface area contributed by atoms with Gasteiger partial charge >= 0.3 is 0 Å². The molecule has 0 aliphatic carbocycles. The van der Waals surface area contributed by atoms with Crippen molar-refractivity contribution in [3.8, 4) is 28.2 Å². The molecule has 9 aromatic rings. The lowest BCUT2D eigenvalue weighted by Gasteiger charge is -2.13. The molecule has 226 valence electrons. The summed E-state index contributed by atoms with van der Waals surface area (Å²) in [5, 5.41) is 5.22. The minimum absolute atomic E-state index is 0.761. The Morgan fingerprint density at radius 3 is 2.25 bits per heavy atom. The van der Waals surface area contributed by atoms with E-state index in [1.807, 2.05) is 73.1 Å². The molecule has 9 rings (SSSR count). The highest BCUT2D eigenvalue weighted by Crippen LogP contribution is 2.37. The fraction of sp³-hybridized carbons (Fsp3) is 0. The first kappa shape index (κ1) is 27.7. The van der Waals surface area contributed by atoms with Crippen molar-refractivity contribution in [1.29, 1.82) is 0 Å². The van der Waals surface area contributed by atoms with Gasteiger partial charge < -0.3 is 4.42 Å². The third kappa shape index (κ3) is 4.60. The number of furan rings is 1. The molecule has 0 bridgehead atoms. The maximum atomic E-state index is 6.09. The van der Waals surface area contributed by atoms with Crippen LogP contribution in [0.1, 0.15) is 16.8 Å². The summed E-state index contributed by atoms with van der Waals surface area (Å²) in [6, 6.07) is 41.4. The number of hydrogen-bond acceptors (Lipinski definition) is 4. The Hall–Kier alpha value is -6.59. The topological polar surface area (TPSA) is 56.7 Å². The van der Waals surface area contributed by atoms with Gasteiger partial charge in [0.25, 0.3) is 0 Å². The van der Waals surface area contributed by atoms with E-state index in [0.717, 1.165) is 88.8 Å². The Morgan fingerprint density at radius 2 is 1.42 bits per heavy atom. The maximum Gasteiger partial charge on any atom is 0.147 e. The van der Waals surface area contributed by atoms with Crippen molar-refractivity contribution >= 4 is 62.0 Å². The van der Waals surface area contributed by atoms with Gasteiger partial charge in [-0.05, 0) is 59.2 Å². The van der Waals surface area contributed by atoms with E-state index >= 15 is 0 Å². The van der Waals surface area contributed by atoms with Gasteiger partial charge in [0.1, 0.15) is 22.6 Å². The van der Waals surface area contributed by atoms with Crippen LogP contribution < -0.4 is 0 Å². The van der Waals surface area contributed by atoms with E-state index in [0.29, 0.717) is 0 Å². The number of fused-ring (bicyclic) bond motifs is 6. The molecule has 0 atom stereocenters. The average molecular weight is 617 g/mol. The lowest BCUT2D eigenvalue weighted by molar-refractivity contribution is 0.669. The van der Waals surface area contributed by atoms with Crippen LogP contribution in [0.2, 0.25) is 0 Å². The van der Waals surface area contributed by atoms with E-state index in [1.165, 1.54) is 0 Å². The van der Waals surface area contributed by atoms with Crippen LogP contribution in [-0.4, -0.2) is 19.5 Å². The van der Waals surface area contributed by atoms with E-state index in [1.54, 1.807) is 6.20 Å². The Kier molecular flexibility index (Phi) is 6.54. The summed E-state index contributed by atoms with van der Waals surface area (Å²) in [5.74, 6) is 0.761. The summed E-state index contributed by atoms with van der Waals surface area (Å²) in [6.07, 6.45) is 11.8. The normalized spacial score (nSPS) is 11.8. The molecule has 0 amide bonds. The Morgan fingerprint density at radius 1 is 0.646 bits per heavy atom. The van der Waals surface area contributed by atoms with E-state index in [-0.39, 0.29) is 0 Å². The van der Waals surface area contributed by atoms with Gasteiger partial charge in [0, 0.05) is 56.6 Å². The van der Waals surface area contributed by atoms with Crippen molar-refractivity contribution < 1.29 is 4.42 Å². The van der Waals surface area contributed by atoms with Crippen LogP contribution >= 0.6 is 0 Å². The number of nitrogens with zero attached hydrogens (tertiary/aromatic N) is 4. The number of hydrogen-bond donors (Lipinski definition) is 0. The van der Waals surface area contributed by atoms with E-state index in [9.17, 15) is 0 Å². The van der Waals surface area contributed by atoms with Gasteiger partial charge in [-0.3, -0.25) is 9.55 Å². The number of aromatic nitrogens is 4. The fourth-order valence-corrected chi connectivity index (χ4v) is 6.65. The van der Waals surface area contributed by atoms with Crippen molar-refractivity contribution in [3.05, 3.63) is 163 Å². The molecule has 0 aliphatic heterocycles. The maximum absolute atomic E-state index is 6.09. The van der Waals surface area contributed by atoms with Crippen molar-refractivity contribution in [3.63, 3.8) is 0 Å². The summed E-state index contributed by atoms with van der Waals surface area (Å²) in [4.78, 5) is 14.8. The monoisotopic (exact) mass is 616 g/mol. The third-order valence-electron chi connectivity index (χ3n) is 8.93. The van der Waals surface area contributed by atoms with Gasteiger partial charge in [-0.25, -0.2) is 9.97 Å². The molecule has 0 fully saturated rings. The molecular weight excluding hydrogens is 589 g/mol. The number of benzene rings is 4. The van der Waals surface area contributed by atoms with Crippen molar-refractivity contribution in [2.75, 3.05) is 0 Å². The Labute approximate surface area is 276 Å². The van der Waals surface area contributed by atoms with Crippen molar-refractivity contribution in [2.45, 2.75) is 0 Å². The SMILES string of the molecule is C=Cc1c(C=Cc2ccc3oc4ccccc4c3c2)c2c3cnccc3cnc2n1-c1cc(-c2ccccc2)cc(-c2ccccc2)n1. The Bertz CT molecular complexity index is 2630. The van der Waals surface area contributed by atoms with Crippen molar-refractivity contribution in [1.82, 2.24) is 19.5 Å². The highest BCUT2D eigenvalue weighted by Gasteiger charge is 2.21. The van der Waals surface area contributed by atoms with Gasteiger partial charge in [-0.1, -0.05) is 104 Å². The minimum Gasteiger partial charge on any atom is -0.456 e. The molecule has 4 aromatic carbocycles. The summed E-state index contributed by atoms with van der Waals surface area (Å²) < 4.78 is 8.21. The molecule has 0 spiro atoms. The van der Waals surface area contributed by atoms with Crippen LogP contribution in [0.3, 0.4) is 0 Å². The first-order valence-corrected chi connectivity index (χ1v) is 15.9. The lowest BCUT2D eigenvalue weighted by Crippen LogP contribution is -2.03. The van der Waals surface area contributed by atoms with Crippen LogP contribution in [0.25, 0.3) is 90.2 Å². The van der Waals surface area contributed by atoms with Crippen molar-refractivity contribution in [2.24, 2.45) is 0 Å². The van der Waals surface area contributed by atoms with Crippen LogP contribution in [-0.2, 0) is 0 Å². The summed E-state index contributed by atoms with van der Waals surface area (Å²) in [5.41, 5.74) is 9.60. The highest BCUT2D eigenvalue weighted by molar-refractivity contribution is 6.12. The number of pyridine rings is 3. The quantitative estimate of drug-likeness (QED) is 0.186. The third-order valence-corrected chi connectivity index (χ3v) is 8.93. The molecule has 48 heavy (non-hydrogen) atoms. The van der Waals surface area contributed by atoms with Crippen LogP contribution in [0, 0.1) is 0 Å². The van der Waals surface area contributed by atoms with Gasteiger partial charge in [0.2, 0.25) is 0 Å².